The van der Waals surface area contributed by atoms with Crippen LogP contribution >= 0.6 is 0 Å². The molecule has 0 aliphatic heterocycles. The Morgan fingerprint density at radius 3 is 2.57 bits per heavy atom. The lowest BCUT2D eigenvalue weighted by Crippen LogP contribution is -2.42. The second kappa shape index (κ2) is 3.96. The number of aromatic nitrogens is 1. The fourth-order valence-electron chi connectivity index (χ4n) is 1.76. The van der Waals surface area contributed by atoms with E-state index in [4.69, 9.17) is 10.5 Å². The van der Waals surface area contributed by atoms with Crippen LogP contribution in [0.5, 0.6) is 5.75 Å². The van der Waals surface area contributed by atoms with Gasteiger partial charge in [-0.25, -0.2) is 0 Å². The van der Waals surface area contributed by atoms with Gasteiger partial charge in [-0.3, -0.25) is 4.98 Å². The van der Waals surface area contributed by atoms with E-state index in [2.05, 4.69) is 4.98 Å². The van der Waals surface area contributed by atoms with Crippen LogP contribution in [0.25, 0.3) is 0 Å². The minimum absolute atomic E-state index is 0.253. The molecule has 0 bridgehead atoms. The summed E-state index contributed by atoms with van der Waals surface area (Å²) in [6.45, 7) is 1.48. The molecule has 3 nitrogen and oxygen atoms in total. The highest BCUT2D eigenvalue weighted by atomic mass is 16.5. The highest BCUT2D eigenvalue weighted by Crippen LogP contribution is 2.40. The maximum Gasteiger partial charge on any atom is 0.122 e. The van der Waals surface area contributed by atoms with Crippen LogP contribution in [-0.4, -0.2) is 18.1 Å². The minimum atomic E-state index is 0.253. The minimum Gasteiger partial charge on any atom is -0.493 e. The van der Waals surface area contributed by atoms with Crippen LogP contribution < -0.4 is 10.5 Å². The van der Waals surface area contributed by atoms with Crippen molar-refractivity contribution in [1.82, 2.24) is 4.98 Å². The molecule has 1 aliphatic rings. The van der Waals surface area contributed by atoms with Gasteiger partial charge in [0.25, 0.3) is 0 Å². The Kier molecular flexibility index (Phi) is 2.68. The molecule has 1 fully saturated rings. The third kappa shape index (κ3) is 1.87. The predicted octanol–water partition coefficient (Wildman–Crippen LogP) is 1.59. The number of ether oxygens (including phenoxy) is 1. The standard InChI is InChI=1S/C11H16N2O/c12-8-11(4-1-5-11)9-14-10-2-6-13-7-3-10/h2-3,6-7H,1,4-5,8-9,12H2. The van der Waals surface area contributed by atoms with Crippen LogP contribution in [0.15, 0.2) is 24.5 Å². The number of hydrogen-bond donors (Lipinski definition) is 1. The maximum atomic E-state index is 5.74. The van der Waals surface area contributed by atoms with Gasteiger partial charge in [0, 0.05) is 24.4 Å². The molecule has 0 saturated heterocycles. The molecule has 14 heavy (non-hydrogen) atoms. The van der Waals surface area contributed by atoms with Gasteiger partial charge in [-0.1, -0.05) is 6.42 Å². The summed E-state index contributed by atoms with van der Waals surface area (Å²) >= 11 is 0. The SMILES string of the molecule is NCC1(COc2ccncc2)CCC1. The molecule has 1 heterocycles. The number of pyridine rings is 1. The molecule has 76 valence electrons. The number of rotatable bonds is 4. The van der Waals surface area contributed by atoms with Crippen molar-refractivity contribution in [3.63, 3.8) is 0 Å². The van der Waals surface area contributed by atoms with E-state index in [9.17, 15) is 0 Å². The van der Waals surface area contributed by atoms with Gasteiger partial charge >= 0.3 is 0 Å². The topological polar surface area (TPSA) is 48.1 Å². The zero-order chi connectivity index (χ0) is 9.86. The molecule has 0 radical (unpaired) electrons. The van der Waals surface area contributed by atoms with Gasteiger partial charge in [0.2, 0.25) is 0 Å². The Labute approximate surface area is 84.3 Å². The smallest absolute Gasteiger partial charge is 0.122 e. The Balaban J connectivity index is 1.88. The van der Waals surface area contributed by atoms with E-state index in [1.54, 1.807) is 12.4 Å². The summed E-state index contributed by atoms with van der Waals surface area (Å²) in [4.78, 5) is 3.94. The lowest BCUT2D eigenvalue weighted by molar-refractivity contribution is 0.0667. The van der Waals surface area contributed by atoms with Gasteiger partial charge in [0.1, 0.15) is 5.75 Å². The Morgan fingerprint density at radius 2 is 2.07 bits per heavy atom. The summed E-state index contributed by atoms with van der Waals surface area (Å²) < 4.78 is 5.68. The van der Waals surface area contributed by atoms with Crippen molar-refractivity contribution >= 4 is 0 Å². The first-order chi connectivity index (χ1) is 6.85. The third-order valence-corrected chi connectivity index (χ3v) is 3.04. The zero-order valence-electron chi connectivity index (χ0n) is 8.28. The van der Waals surface area contributed by atoms with E-state index in [1.807, 2.05) is 12.1 Å². The lowest BCUT2D eigenvalue weighted by atomic mass is 9.69. The van der Waals surface area contributed by atoms with Crippen molar-refractivity contribution in [2.24, 2.45) is 11.1 Å². The first-order valence-electron chi connectivity index (χ1n) is 5.08. The normalized spacial score (nSPS) is 18.6. The lowest BCUT2D eigenvalue weighted by Gasteiger charge is -2.40. The molecule has 1 aliphatic carbocycles. The first kappa shape index (κ1) is 9.46. The third-order valence-electron chi connectivity index (χ3n) is 3.04. The Morgan fingerprint density at radius 1 is 1.36 bits per heavy atom. The van der Waals surface area contributed by atoms with Crippen molar-refractivity contribution in [1.29, 1.82) is 0 Å². The fourth-order valence-corrected chi connectivity index (χ4v) is 1.76. The maximum absolute atomic E-state index is 5.74. The number of nitrogens with zero attached hydrogens (tertiary/aromatic N) is 1. The Bertz CT molecular complexity index is 277. The second-order valence-electron chi connectivity index (χ2n) is 4.03. The van der Waals surface area contributed by atoms with Crippen LogP contribution in [0.2, 0.25) is 0 Å². The molecule has 1 aromatic heterocycles. The van der Waals surface area contributed by atoms with Crippen LogP contribution in [0.3, 0.4) is 0 Å². The van der Waals surface area contributed by atoms with E-state index < -0.39 is 0 Å². The molecule has 0 atom stereocenters. The first-order valence-corrected chi connectivity index (χ1v) is 5.08. The summed E-state index contributed by atoms with van der Waals surface area (Å²) in [6, 6.07) is 3.76. The average molecular weight is 192 g/mol. The fraction of sp³-hybridized carbons (Fsp3) is 0.545. The number of nitrogens with two attached hydrogens (primary N) is 1. The van der Waals surface area contributed by atoms with Crippen LogP contribution in [0.1, 0.15) is 19.3 Å². The van der Waals surface area contributed by atoms with Crippen molar-refractivity contribution in [3.05, 3.63) is 24.5 Å². The van der Waals surface area contributed by atoms with Gasteiger partial charge in [-0.2, -0.15) is 0 Å². The van der Waals surface area contributed by atoms with Crippen LogP contribution in [-0.2, 0) is 0 Å². The molecule has 1 aromatic rings. The van der Waals surface area contributed by atoms with Crippen LogP contribution in [0.4, 0.5) is 0 Å². The van der Waals surface area contributed by atoms with E-state index in [0.717, 1.165) is 18.9 Å². The highest BCUT2D eigenvalue weighted by molar-refractivity contribution is 5.17. The van der Waals surface area contributed by atoms with E-state index in [1.165, 1.54) is 19.3 Å². The van der Waals surface area contributed by atoms with Crippen molar-refractivity contribution in [2.75, 3.05) is 13.2 Å². The van der Waals surface area contributed by atoms with E-state index in [-0.39, 0.29) is 5.41 Å². The van der Waals surface area contributed by atoms with Crippen molar-refractivity contribution < 1.29 is 4.74 Å². The second-order valence-corrected chi connectivity index (χ2v) is 4.03. The summed E-state index contributed by atoms with van der Waals surface area (Å²) in [6.07, 6.45) is 7.18. The van der Waals surface area contributed by atoms with E-state index >= 15 is 0 Å². The van der Waals surface area contributed by atoms with Crippen molar-refractivity contribution in [2.45, 2.75) is 19.3 Å². The largest absolute Gasteiger partial charge is 0.493 e. The Hall–Kier alpha value is -1.09. The molecular formula is C11H16N2O. The molecule has 0 amide bonds. The van der Waals surface area contributed by atoms with Gasteiger partial charge in [-0.15, -0.1) is 0 Å². The van der Waals surface area contributed by atoms with E-state index in [0.29, 0.717) is 0 Å². The van der Waals surface area contributed by atoms with Crippen molar-refractivity contribution in [3.8, 4) is 5.75 Å². The molecule has 1 saturated carbocycles. The molecule has 0 spiro atoms. The van der Waals surface area contributed by atoms with Gasteiger partial charge < -0.3 is 10.5 Å². The number of hydrogen-bond acceptors (Lipinski definition) is 3. The molecule has 2 rings (SSSR count). The summed E-state index contributed by atoms with van der Waals surface area (Å²) in [5.41, 5.74) is 5.99. The highest BCUT2D eigenvalue weighted by Gasteiger charge is 2.36. The summed E-state index contributed by atoms with van der Waals surface area (Å²) in [5.74, 6) is 0.889. The van der Waals surface area contributed by atoms with Gasteiger partial charge in [0.05, 0.1) is 6.61 Å². The predicted molar refractivity (Wildman–Crippen MR) is 55.1 cm³/mol. The average Bonchev–Trinajstić information content (AvgIpc) is 2.19. The quantitative estimate of drug-likeness (QED) is 0.788. The molecule has 0 unspecified atom stereocenters. The van der Waals surface area contributed by atoms with Crippen LogP contribution in [0, 0.1) is 5.41 Å². The zero-order valence-corrected chi connectivity index (χ0v) is 8.28. The molecule has 2 N–H and O–H groups in total. The summed E-state index contributed by atoms with van der Waals surface area (Å²) in [5, 5.41) is 0. The van der Waals surface area contributed by atoms with Gasteiger partial charge in [0.15, 0.2) is 0 Å². The van der Waals surface area contributed by atoms with Gasteiger partial charge in [-0.05, 0) is 25.0 Å². The summed E-state index contributed by atoms with van der Waals surface area (Å²) in [7, 11) is 0. The molecular weight excluding hydrogens is 176 g/mol. The molecule has 3 heteroatoms. The monoisotopic (exact) mass is 192 g/mol. The molecule has 0 aromatic carbocycles.